The molecule has 0 aromatic heterocycles. The summed E-state index contributed by atoms with van der Waals surface area (Å²) in [5, 5.41) is 6.86. The van der Waals surface area contributed by atoms with Crippen molar-refractivity contribution >= 4 is 17.3 Å². The predicted octanol–water partition coefficient (Wildman–Crippen LogP) is 5.38. The molecule has 0 aliphatic heterocycles. The Morgan fingerprint density at radius 2 is 1.16 bits per heavy atom. The van der Waals surface area contributed by atoms with Crippen LogP contribution in [-0.4, -0.2) is 5.96 Å². The number of benzene rings is 3. The highest BCUT2D eigenvalue weighted by Gasteiger charge is 2.05. The van der Waals surface area contributed by atoms with E-state index in [1.165, 1.54) is 16.7 Å². The maximum atomic E-state index is 4.76. The minimum atomic E-state index is 0.619. The summed E-state index contributed by atoms with van der Waals surface area (Å²) in [4.78, 5) is 4.76. The fraction of sp³-hybridized carbons (Fsp3) is 0.136. The van der Waals surface area contributed by atoms with E-state index >= 15 is 0 Å². The van der Waals surface area contributed by atoms with Crippen molar-refractivity contribution in [2.75, 3.05) is 10.6 Å². The van der Waals surface area contributed by atoms with Crippen molar-refractivity contribution < 1.29 is 0 Å². The first kappa shape index (κ1) is 16.8. The molecular formula is C22H23N3. The second kappa shape index (κ2) is 8.15. The van der Waals surface area contributed by atoms with E-state index < -0.39 is 0 Å². The van der Waals surface area contributed by atoms with Crippen molar-refractivity contribution in [1.29, 1.82) is 0 Å². The Hall–Kier alpha value is -3.07. The molecule has 3 rings (SSSR count). The summed E-state index contributed by atoms with van der Waals surface area (Å²) in [5.41, 5.74) is 5.65. The standard InChI is InChI=1S/C22H23N3/c1-17-10-6-8-14-20(17)24-22(23-16-19-12-4-3-5-13-19)25-21-15-9-7-11-18(21)2/h3-15H,16H2,1-2H3,(H2,23,24,25). The molecule has 0 atom stereocenters. The molecule has 0 saturated heterocycles. The first-order chi connectivity index (χ1) is 12.2. The van der Waals surface area contributed by atoms with E-state index in [9.17, 15) is 0 Å². The average molecular weight is 329 g/mol. The van der Waals surface area contributed by atoms with E-state index in [4.69, 9.17) is 4.99 Å². The van der Waals surface area contributed by atoms with Gasteiger partial charge in [-0.15, -0.1) is 0 Å². The van der Waals surface area contributed by atoms with Gasteiger partial charge in [0, 0.05) is 11.4 Å². The number of nitrogens with zero attached hydrogens (tertiary/aromatic N) is 1. The van der Waals surface area contributed by atoms with Gasteiger partial charge in [0.05, 0.1) is 6.54 Å². The van der Waals surface area contributed by atoms with Gasteiger partial charge in [0.2, 0.25) is 5.96 Å². The number of hydrogen-bond acceptors (Lipinski definition) is 1. The SMILES string of the molecule is Cc1ccccc1NC(=NCc1ccccc1)Nc1ccccc1C. The number of para-hydroxylation sites is 2. The van der Waals surface area contributed by atoms with Crippen molar-refractivity contribution in [3.63, 3.8) is 0 Å². The van der Waals surface area contributed by atoms with E-state index in [1.54, 1.807) is 0 Å². The number of aryl methyl sites for hydroxylation is 2. The van der Waals surface area contributed by atoms with Crippen LogP contribution >= 0.6 is 0 Å². The van der Waals surface area contributed by atoms with Crippen molar-refractivity contribution in [2.45, 2.75) is 20.4 Å². The maximum absolute atomic E-state index is 4.76. The highest BCUT2D eigenvalue weighted by Crippen LogP contribution is 2.17. The fourth-order valence-electron chi connectivity index (χ4n) is 2.55. The lowest BCUT2D eigenvalue weighted by Crippen LogP contribution is -2.23. The summed E-state index contributed by atoms with van der Waals surface area (Å²) in [5.74, 6) is 0.743. The number of aliphatic imine (C=N–C) groups is 1. The van der Waals surface area contributed by atoms with Gasteiger partial charge in [-0.2, -0.15) is 0 Å². The van der Waals surface area contributed by atoms with Gasteiger partial charge in [-0.1, -0.05) is 66.7 Å². The van der Waals surface area contributed by atoms with E-state index in [0.717, 1.165) is 17.3 Å². The molecule has 0 heterocycles. The lowest BCUT2D eigenvalue weighted by atomic mass is 10.2. The third kappa shape index (κ3) is 4.70. The van der Waals surface area contributed by atoms with Crippen molar-refractivity contribution in [3.05, 3.63) is 95.6 Å². The van der Waals surface area contributed by atoms with Gasteiger partial charge in [0.1, 0.15) is 0 Å². The van der Waals surface area contributed by atoms with Crippen LogP contribution in [0.3, 0.4) is 0 Å². The molecule has 126 valence electrons. The van der Waals surface area contributed by atoms with E-state index in [1.807, 2.05) is 42.5 Å². The number of guanidine groups is 1. The second-order valence-electron chi connectivity index (χ2n) is 6.03. The highest BCUT2D eigenvalue weighted by atomic mass is 15.2. The molecule has 0 unspecified atom stereocenters. The van der Waals surface area contributed by atoms with Crippen LogP contribution in [0.4, 0.5) is 11.4 Å². The van der Waals surface area contributed by atoms with Gasteiger partial charge in [0.15, 0.2) is 0 Å². The predicted molar refractivity (Wildman–Crippen MR) is 107 cm³/mol. The van der Waals surface area contributed by atoms with Crippen LogP contribution in [0.15, 0.2) is 83.9 Å². The first-order valence-electron chi connectivity index (χ1n) is 8.46. The van der Waals surface area contributed by atoms with E-state index in [0.29, 0.717) is 6.54 Å². The molecule has 0 radical (unpaired) electrons. The smallest absolute Gasteiger partial charge is 0.200 e. The van der Waals surface area contributed by atoms with Gasteiger partial charge in [-0.3, -0.25) is 0 Å². The molecule has 3 nitrogen and oxygen atoms in total. The zero-order valence-electron chi connectivity index (χ0n) is 14.7. The molecule has 0 fully saturated rings. The Bertz CT molecular complexity index is 804. The van der Waals surface area contributed by atoms with Gasteiger partial charge < -0.3 is 10.6 Å². The van der Waals surface area contributed by atoms with Crippen molar-refractivity contribution in [1.82, 2.24) is 0 Å². The molecule has 25 heavy (non-hydrogen) atoms. The second-order valence-corrected chi connectivity index (χ2v) is 6.03. The van der Waals surface area contributed by atoms with E-state index in [2.05, 4.69) is 60.9 Å². The van der Waals surface area contributed by atoms with Crippen LogP contribution < -0.4 is 10.6 Å². The molecule has 3 aromatic rings. The minimum Gasteiger partial charge on any atom is -0.326 e. The molecule has 3 aromatic carbocycles. The summed E-state index contributed by atoms with van der Waals surface area (Å²) in [6.07, 6.45) is 0. The van der Waals surface area contributed by atoms with Gasteiger partial charge >= 0.3 is 0 Å². The summed E-state index contributed by atoms with van der Waals surface area (Å²) in [6, 6.07) is 26.7. The summed E-state index contributed by atoms with van der Waals surface area (Å²) < 4.78 is 0. The number of nitrogens with one attached hydrogen (secondary N) is 2. The Morgan fingerprint density at radius 3 is 1.68 bits per heavy atom. The van der Waals surface area contributed by atoms with Crippen LogP contribution in [0.25, 0.3) is 0 Å². The van der Waals surface area contributed by atoms with Gasteiger partial charge in [-0.05, 0) is 42.7 Å². The topological polar surface area (TPSA) is 36.4 Å². The third-order valence-electron chi connectivity index (χ3n) is 4.06. The molecule has 2 N–H and O–H groups in total. The molecule has 0 aliphatic carbocycles. The lowest BCUT2D eigenvalue weighted by molar-refractivity contribution is 1.06. The molecular weight excluding hydrogens is 306 g/mol. The zero-order chi connectivity index (χ0) is 17.5. The average Bonchev–Trinajstić information content (AvgIpc) is 2.64. The van der Waals surface area contributed by atoms with E-state index in [-0.39, 0.29) is 0 Å². The Morgan fingerprint density at radius 1 is 0.680 bits per heavy atom. The van der Waals surface area contributed by atoms with Crippen LogP contribution in [0.2, 0.25) is 0 Å². The molecule has 0 aliphatic rings. The number of rotatable bonds is 4. The van der Waals surface area contributed by atoms with Crippen LogP contribution in [-0.2, 0) is 6.54 Å². The Labute approximate surface area is 149 Å². The third-order valence-corrected chi connectivity index (χ3v) is 4.06. The zero-order valence-corrected chi connectivity index (χ0v) is 14.7. The van der Waals surface area contributed by atoms with Crippen molar-refractivity contribution in [2.24, 2.45) is 4.99 Å². The van der Waals surface area contributed by atoms with Crippen LogP contribution in [0.1, 0.15) is 16.7 Å². The van der Waals surface area contributed by atoms with Crippen molar-refractivity contribution in [3.8, 4) is 0 Å². The number of hydrogen-bond donors (Lipinski definition) is 2. The lowest BCUT2D eigenvalue weighted by Gasteiger charge is -2.15. The van der Waals surface area contributed by atoms with Crippen LogP contribution in [0.5, 0.6) is 0 Å². The molecule has 0 bridgehead atoms. The fourth-order valence-corrected chi connectivity index (χ4v) is 2.55. The Kier molecular flexibility index (Phi) is 5.47. The van der Waals surface area contributed by atoms with Gasteiger partial charge in [-0.25, -0.2) is 4.99 Å². The molecule has 3 heteroatoms. The normalized spacial score (nSPS) is 10.2. The van der Waals surface area contributed by atoms with Gasteiger partial charge in [0.25, 0.3) is 0 Å². The molecule has 0 spiro atoms. The maximum Gasteiger partial charge on any atom is 0.200 e. The summed E-state index contributed by atoms with van der Waals surface area (Å²) in [7, 11) is 0. The number of anilines is 2. The first-order valence-corrected chi connectivity index (χ1v) is 8.46. The van der Waals surface area contributed by atoms with Crippen LogP contribution in [0, 0.1) is 13.8 Å². The highest BCUT2D eigenvalue weighted by molar-refractivity contribution is 6.04. The minimum absolute atomic E-state index is 0.619. The largest absolute Gasteiger partial charge is 0.326 e. The monoisotopic (exact) mass is 329 g/mol. The quantitative estimate of drug-likeness (QED) is 0.498. The summed E-state index contributed by atoms with van der Waals surface area (Å²) >= 11 is 0. The Balaban J connectivity index is 1.85. The summed E-state index contributed by atoms with van der Waals surface area (Å²) in [6.45, 7) is 4.80. The molecule has 0 saturated carbocycles. The molecule has 0 amide bonds.